The molecule has 0 saturated heterocycles. The Kier molecular flexibility index (Phi) is 14.6. The van der Waals surface area contributed by atoms with Crippen LogP contribution in [-0.4, -0.2) is 86.9 Å². The Morgan fingerprint density at radius 1 is 1.02 bits per heavy atom. The zero-order valence-corrected chi connectivity index (χ0v) is 27.0. The molecule has 2 unspecified atom stereocenters. The van der Waals surface area contributed by atoms with Crippen LogP contribution < -0.4 is 20.7 Å². The van der Waals surface area contributed by atoms with Crippen LogP contribution in [0.2, 0.25) is 0 Å². The van der Waals surface area contributed by atoms with E-state index in [1.54, 1.807) is 12.1 Å². The second-order valence-electron chi connectivity index (χ2n) is 10.5. The lowest BCUT2D eigenvalue weighted by Gasteiger charge is -2.31. The second-order valence-corrected chi connectivity index (χ2v) is 10.5. The minimum atomic E-state index is -5.09. The Morgan fingerprint density at radius 2 is 1.72 bits per heavy atom. The molecule has 268 valence electrons. The Balaban J connectivity index is 1.50. The third-order valence-corrected chi connectivity index (χ3v) is 6.93. The summed E-state index contributed by atoms with van der Waals surface area (Å²) < 4.78 is 62.2. The van der Waals surface area contributed by atoms with E-state index >= 15 is 0 Å². The molecule has 2 atom stereocenters. The van der Waals surface area contributed by atoms with Gasteiger partial charge < -0.3 is 40.0 Å². The molecule has 1 heterocycles. The van der Waals surface area contributed by atoms with Crippen LogP contribution in [0.3, 0.4) is 0 Å². The predicted octanol–water partition coefficient (Wildman–Crippen LogP) is 3.24. The van der Waals surface area contributed by atoms with Crippen molar-refractivity contribution in [1.29, 1.82) is 0 Å². The molecule has 0 aromatic heterocycles. The van der Waals surface area contributed by atoms with Crippen LogP contribution in [0, 0.1) is 22.0 Å². The number of hydrogen-bond acceptors (Lipinski definition) is 12. The minimum Gasteiger partial charge on any atom is -0.491 e. The quantitative estimate of drug-likeness (QED) is 0.0530. The molecule has 0 radical (unpaired) electrons. The molecular weight excluding hydrogens is 669 g/mol. The second kappa shape index (κ2) is 18.8. The zero-order chi connectivity index (χ0) is 36.7. The SMILES string of the molecule is COC(=O)C1=C(C(F)(F)F)NC(C)=C(C(=O)OCC#CCOC(=O)NCCCNCC(O)COc2ccccc2)C1c1cccc([N+](=O)[O-])c1. The van der Waals surface area contributed by atoms with E-state index in [0.717, 1.165) is 26.2 Å². The summed E-state index contributed by atoms with van der Waals surface area (Å²) in [5, 5.41) is 29.0. The van der Waals surface area contributed by atoms with E-state index in [4.69, 9.17) is 14.2 Å². The summed E-state index contributed by atoms with van der Waals surface area (Å²) >= 11 is 0. The summed E-state index contributed by atoms with van der Waals surface area (Å²) in [6.45, 7) is 1.38. The first-order valence-electron chi connectivity index (χ1n) is 15.0. The minimum absolute atomic E-state index is 0.119. The van der Waals surface area contributed by atoms with E-state index in [1.165, 1.54) is 12.1 Å². The number of nitrogens with zero attached hydrogens (tertiary/aromatic N) is 1. The lowest BCUT2D eigenvalue weighted by Crippen LogP contribution is -2.38. The van der Waals surface area contributed by atoms with Gasteiger partial charge in [0.2, 0.25) is 0 Å². The average Bonchev–Trinajstić information content (AvgIpc) is 3.09. The Hall–Kier alpha value is -5.60. The van der Waals surface area contributed by atoms with Gasteiger partial charge in [0.1, 0.15) is 24.2 Å². The van der Waals surface area contributed by atoms with Crippen molar-refractivity contribution in [3.63, 3.8) is 0 Å². The van der Waals surface area contributed by atoms with Crippen molar-refractivity contribution in [2.24, 2.45) is 0 Å². The van der Waals surface area contributed by atoms with Crippen molar-refractivity contribution in [2.45, 2.75) is 31.5 Å². The highest BCUT2D eigenvalue weighted by Crippen LogP contribution is 2.43. The van der Waals surface area contributed by atoms with Crippen molar-refractivity contribution in [1.82, 2.24) is 16.0 Å². The van der Waals surface area contributed by atoms with Gasteiger partial charge in [0.25, 0.3) is 5.69 Å². The van der Waals surface area contributed by atoms with Crippen molar-refractivity contribution in [3.8, 4) is 17.6 Å². The number of rotatable bonds is 15. The Labute approximate surface area is 284 Å². The van der Waals surface area contributed by atoms with Gasteiger partial charge in [0.05, 0.1) is 29.1 Å². The van der Waals surface area contributed by atoms with Gasteiger partial charge in [-0.3, -0.25) is 10.1 Å². The van der Waals surface area contributed by atoms with Crippen LogP contribution in [0.25, 0.3) is 0 Å². The molecule has 0 fully saturated rings. The van der Waals surface area contributed by atoms with Crippen molar-refractivity contribution in [3.05, 3.63) is 92.8 Å². The van der Waals surface area contributed by atoms with Gasteiger partial charge in [0, 0.05) is 30.9 Å². The number of alkyl halides is 3. The Morgan fingerprint density at radius 3 is 2.38 bits per heavy atom. The molecule has 0 spiro atoms. The fourth-order valence-electron chi connectivity index (χ4n) is 4.68. The average molecular weight is 705 g/mol. The van der Waals surface area contributed by atoms with Crippen LogP contribution in [0.1, 0.15) is 24.8 Å². The molecule has 2 aromatic rings. The highest BCUT2D eigenvalue weighted by atomic mass is 19.4. The maximum absolute atomic E-state index is 14.0. The van der Waals surface area contributed by atoms with Crippen LogP contribution in [0.15, 0.2) is 77.1 Å². The van der Waals surface area contributed by atoms with Gasteiger partial charge in [-0.05, 0) is 37.6 Å². The first-order valence-corrected chi connectivity index (χ1v) is 15.0. The number of hydrogen-bond donors (Lipinski definition) is 4. The maximum atomic E-state index is 14.0. The zero-order valence-electron chi connectivity index (χ0n) is 27.0. The number of amides is 1. The molecule has 14 nitrogen and oxygen atoms in total. The topological polar surface area (TPSA) is 188 Å². The lowest BCUT2D eigenvalue weighted by molar-refractivity contribution is -0.384. The van der Waals surface area contributed by atoms with E-state index in [2.05, 4.69) is 27.2 Å². The number of aliphatic hydroxyl groups excluding tert-OH is 1. The van der Waals surface area contributed by atoms with Gasteiger partial charge >= 0.3 is 24.2 Å². The Bertz CT molecular complexity index is 1650. The number of aliphatic hydroxyl groups is 1. The monoisotopic (exact) mass is 704 g/mol. The highest BCUT2D eigenvalue weighted by molar-refractivity contribution is 6.00. The molecule has 0 aliphatic carbocycles. The highest BCUT2D eigenvalue weighted by Gasteiger charge is 2.47. The molecule has 50 heavy (non-hydrogen) atoms. The molecule has 3 rings (SSSR count). The maximum Gasteiger partial charge on any atom is 0.431 e. The summed E-state index contributed by atoms with van der Waals surface area (Å²) in [7, 11) is 0.852. The molecule has 1 aliphatic rings. The van der Waals surface area contributed by atoms with E-state index in [-0.39, 0.29) is 37.6 Å². The number of para-hydroxylation sites is 1. The van der Waals surface area contributed by atoms with Crippen LogP contribution in [-0.2, 0) is 23.8 Å². The number of nitrogens with one attached hydrogen (secondary N) is 3. The normalized spacial score (nSPS) is 14.8. The van der Waals surface area contributed by atoms with Crippen LogP contribution >= 0.6 is 0 Å². The van der Waals surface area contributed by atoms with E-state index < -0.39 is 70.3 Å². The molecular formula is C33H35F3N4O10. The van der Waals surface area contributed by atoms with Gasteiger partial charge in [0.15, 0.2) is 13.2 Å². The van der Waals surface area contributed by atoms with Crippen molar-refractivity contribution in [2.75, 3.05) is 46.6 Å². The summed E-state index contributed by atoms with van der Waals surface area (Å²) in [5.74, 6) is 1.22. The van der Waals surface area contributed by atoms with Crippen molar-refractivity contribution < 1.29 is 56.5 Å². The van der Waals surface area contributed by atoms with Crippen LogP contribution in [0.5, 0.6) is 5.75 Å². The number of non-ortho nitro benzene ring substituents is 1. The third-order valence-electron chi connectivity index (χ3n) is 6.93. The van der Waals surface area contributed by atoms with E-state index in [1.807, 2.05) is 23.5 Å². The fraction of sp³-hybridized carbons (Fsp3) is 0.364. The van der Waals surface area contributed by atoms with Crippen molar-refractivity contribution >= 4 is 23.7 Å². The summed E-state index contributed by atoms with van der Waals surface area (Å²) in [4.78, 5) is 48.4. The molecule has 0 saturated carbocycles. The number of allylic oxidation sites excluding steroid dienone is 2. The number of carbonyl (C=O) groups excluding carboxylic acids is 3. The van der Waals surface area contributed by atoms with Gasteiger partial charge in [-0.15, -0.1) is 0 Å². The predicted molar refractivity (Wildman–Crippen MR) is 170 cm³/mol. The molecule has 2 aromatic carbocycles. The number of nitro groups is 1. The number of halogens is 3. The number of benzene rings is 2. The number of carbonyl (C=O) groups is 3. The number of ether oxygens (including phenoxy) is 4. The first kappa shape index (κ1) is 38.8. The summed E-state index contributed by atoms with van der Waals surface area (Å²) in [6, 6.07) is 13.5. The van der Waals surface area contributed by atoms with Gasteiger partial charge in [-0.2, -0.15) is 13.2 Å². The first-order chi connectivity index (χ1) is 23.8. The summed E-state index contributed by atoms with van der Waals surface area (Å²) in [5.41, 5.74) is -3.89. The molecule has 17 heteroatoms. The molecule has 1 aliphatic heterocycles. The largest absolute Gasteiger partial charge is 0.491 e. The number of dihydropyridines is 1. The van der Waals surface area contributed by atoms with Gasteiger partial charge in [-0.1, -0.05) is 42.2 Å². The van der Waals surface area contributed by atoms with Crippen LogP contribution in [0.4, 0.5) is 23.7 Å². The summed E-state index contributed by atoms with van der Waals surface area (Å²) in [6.07, 6.45) is -6.04. The molecule has 4 N–H and O–H groups in total. The number of esters is 2. The van der Waals surface area contributed by atoms with Gasteiger partial charge in [-0.25, -0.2) is 14.4 Å². The number of methoxy groups -OCH3 is 1. The molecule has 1 amide bonds. The third kappa shape index (κ3) is 11.5. The standard InChI is InChI=1S/C33H35F3N4O10/c1-21-26(27(22-10-8-11-23(18-22)40(45)46)28(30(42)47-2)29(39-21)33(34,35)36)31(43)48-16-6-7-17-49-32(44)38-15-9-14-37-19-24(41)20-50-25-12-4-3-5-13-25/h3-5,8,10-13,18,24,27,37,39,41H,9,14-17,19-20H2,1-2H3,(H,38,44). The van der Waals surface area contributed by atoms with E-state index in [0.29, 0.717) is 18.7 Å². The van der Waals surface area contributed by atoms with E-state index in [9.17, 15) is 42.8 Å². The number of alkyl carbamates (subject to hydrolysis) is 1. The molecule has 0 bridgehead atoms. The fourth-order valence-corrected chi connectivity index (χ4v) is 4.68. The lowest BCUT2D eigenvalue weighted by atomic mass is 9.80. The number of nitro benzene ring substituents is 1. The smallest absolute Gasteiger partial charge is 0.431 e.